The lowest BCUT2D eigenvalue weighted by Crippen LogP contribution is -2.35. The predicted octanol–water partition coefficient (Wildman–Crippen LogP) is 4.05. The maximum atomic E-state index is 12.3. The molecule has 1 aromatic carbocycles. The lowest BCUT2D eigenvalue weighted by atomic mass is 9.90. The quantitative estimate of drug-likeness (QED) is 0.404. The Kier molecular flexibility index (Phi) is 6.39. The van der Waals surface area contributed by atoms with Crippen molar-refractivity contribution in [3.05, 3.63) is 89.8 Å². The molecule has 1 aliphatic carbocycles. The zero-order valence-electron chi connectivity index (χ0n) is 18.6. The van der Waals surface area contributed by atoms with Gasteiger partial charge in [-0.05, 0) is 61.6 Å². The second-order valence-corrected chi connectivity index (χ2v) is 8.45. The highest BCUT2D eigenvalue weighted by Crippen LogP contribution is 2.33. The van der Waals surface area contributed by atoms with Crippen LogP contribution < -0.4 is 5.32 Å². The molecule has 1 amide bonds. The third-order valence-corrected chi connectivity index (χ3v) is 6.20. The molecule has 0 bridgehead atoms. The molecule has 1 atom stereocenters. The normalized spacial score (nSPS) is 15.5. The minimum absolute atomic E-state index is 0.135. The summed E-state index contributed by atoms with van der Waals surface area (Å²) in [6.45, 7) is 2.14. The lowest BCUT2D eigenvalue weighted by molar-refractivity contribution is 0.0943. The molecule has 1 aliphatic rings. The van der Waals surface area contributed by atoms with Crippen LogP contribution in [0.15, 0.2) is 67.0 Å². The number of nitrogens with zero attached hydrogens (tertiary/aromatic N) is 4. The molecule has 3 heterocycles. The van der Waals surface area contributed by atoms with Gasteiger partial charge in [0, 0.05) is 25.5 Å². The van der Waals surface area contributed by atoms with Gasteiger partial charge in [0.05, 0.1) is 29.3 Å². The largest absolute Gasteiger partial charge is 0.351 e. The van der Waals surface area contributed by atoms with Crippen molar-refractivity contribution < 1.29 is 4.79 Å². The molecule has 0 saturated heterocycles. The van der Waals surface area contributed by atoms with Gasteiger partial charge in [-0.2, -0.15) is 0 Å². The number of carbonyl (C=O) groups excluding carboxylic acids is 1. The molecule has 4 aromatic rings. The monoisotopic (exact) mass is 440 g/mol. The van der Waals surface area contributed by atoms with Gasteiger partial charge < -0.3 is 10.3 Å². The Balaban J connectivity index is 1.30. The fourth-order valence-corrected chi connectivity index (χ4v) is 4.63. The molecule has 5 rings (SSSR count). The van der Waals surface area contributed by atoms with Crippen LogP contribution in [0.2, 0.25) is 0 Å². The van der Waals surface area contributed by atoms with Crippen LogP contribution in [0.3, 0.4) is 0 Å². The fraction of sp³-hybridized carbons (Fsp3) is 0.308. The van der Waals surface area contributed by atoms with Crippen LogP contribution in [-0.2, 0) is 13.0 Å². The number of pyridine rings is 2. The number of imidazole rings is 1. The van der Waals surface area contributed by atoms with E-state index in [4.69, 9.17) is 9.97 Å². The third-order valence-electron chi connectivity index (χ3n) is 6.20. The summed E-state index contributed by atoms with van der Waals surface area (Å²) in [7, 11) is 0. The van der Waals surface area contributed by atoms with Crippen LogP contribution in [0.4, 0.5) is 0 Å². The molecule has 0 saturated carbocycles. The van der Waals surface area contributed by atoms with E-state index < -0.39 is 0 Å². The highest BCUT2D eigenvalue weighted by molar-refractivity contribution is 5.92. The smallest absolute Gasteiger partial charge is 0.269 e. The lowest BCUT2D eigenvalue weighted by Gasteiger charge is -2.34. The number of hydrogen-bond donors (Lipinski definition) is 2. The molecule has 168 valence electrons. The Hall–Kier alpha value is -3.58. The molecule has 0 radical (unpaired) electrons. The molecule has 0 aliphatic heterocycles. The zero-order valence-corrected chi connectivity index (χ0v) is 18.6. The molecule has 7 nitrogen and oxygen atoms in total. The van der Waals surface area contributed by atoms with Crippen molar-refractivity contribution in [3.8, 4) is 0 Å². The van der Waals surface area contributed by atoms with Gasteiger partial charge in [-0.15, -0.1) is 0 Å². The maximum Gasteiger partial charge on any atom is 0.269 e. The minimum Gasteiger partial charge on any atom is -0.351 e. The molecule has 2 N–H and O–H groups in total. The van der Waals surface area contributed by atoms with Gasteiger partial charge in [-0.1, -0.05) is 24.3 Å². The minimum atomic E-state index is -0.135. The molecule has 1 unspecified atom stereocenters. The second kappa shape index (κ2) is 9.92. The number of amides is 1. The number of aromatic nitrogens is 4. The average molecular weight is 441 g/mol. The summed E-state index contributed by atoms with van der Waals surface area (Å²) in [4.78, 5) is 31.9. The first-order valence-corrected chi connectivity index (χ1v) is 11.6. The van der Waals surface area contributed by atoms with Crippen molar-refractivity contribution in [1.29, 1.82) is 0 Å². The molecule has 0 spiro atoms. The van der Waals surface area contributed by atoms with Crippen molar-refractivity contribution in [2.75, 3.05) is 13.1 Å². The first-order valence-electron chi connectivity index (χ1n) is 11.6. The molecular weight excluding hydrogens is 412 g/mol. The van der Waals surface area contributed by atoms with Gasteiger partial charge in [0.1, 0.15) is 11.5 Å². The number of H-pyrrole nitrogens is 1. The van der Waals surface area contributed by atoms with E-state index in [9.17, 15) is 4.79 Å². The maximum absolute atomic E-state index is 12.3. The van der Waals surface area contributed by atoms with E-state index in [2.05, 4.69) is 32.3 Å². The van der Waals surface area contributed by atoms with Crippen molar-refractivity contribution in [3.63, 3.8) is 0 Å². The summed E-state index contributed by atoms with van der Waals surface area (Å²) < 4.78 is 0. The molecule has 0 fully saturated rings. The third kappa shape index (κ3) is 4.93. The van der Waals surface area contributed by atoms with Gasteiger partial charge in [0.2, 0.25) is 0 Å². The Bertz CT molecular complexity index is 1190. The number of carbonyl (C=O) groups is 1. The van der Waals surface area contributed by atoms with Crippen LogP contribution in [0.25, 0.3) is 11.0 Å². The SMILES string of the molecule is O=C(NCCCN(Cc1nc2ccccc2[nH]1)C1CCCc2cccnc21)c1ccccn1. The van der Waals surface area contributed by atoms with Crippen molar-refractivity contribution in [2.45, 2.75) is 38.3 Å². The van der Waals surface area contributed by atoms with Crippen molar-refractivity contribution >= 4 is 16.9 Å². The van der Waals surface area contributed by atoms with Crippen LogP contribution in [0, 0.1) is 0 Å². The number of hydrogen-bond acceptors (Lipinski definition) is 5. The second-order valence-electron chi connectivity index (χ2n) is 8.45. The first kappa shape index (κ1) is 21.3. The van der Waals surface area contributed by atoms with E-state index in [0.717, 1.165) is 49.1 Å². The molecular formula is C26H28N6O. The summed E-state index contributed by atoms with van der Waals surface area (Å²) >= 11 is 0. The number of nitrogens with one attached hydrogen (secondary N) is 2. The number of benzene rings is 1. The van der Waals surface area contributed by atoms with Gasteiger partial charge in [-0.25, -0.2) is 4.98 Å². The number of rotatable bonds is 8. The van der Waals surface area contributed by atoms with E-state index in [0.29, 0.717) is 18.8 Å². The van der Waals surface area contributed by atoms with Crippen LogP contribution in [-0.4, -0.2) is 43.8 Å². The van der Waals surface area contributed by atoms with Gasteiger partial charge in [-0.3, -0.25) is 19.7 Å². The van der Waals surface area contributed by atoms with Gasteiger partial charge in [0.25, 0.3) is 5.91 Å². The van der Waals surface area contributed by atoms with E-state index in [1.165, 1.54) is 11.3 Å². The molecule has 33 heavy (non-hydrogen) atoms. The predicted molar refractivity (Wildman–Crippen MR) is 128 cm³/mol. The van der Waals surface area contributed by atoms with E-state index in [-0.39, 0.29) is 11.9 Å². The number of para-hydroxylation sites is 2. The summed E-state index contributed by atoms with van der Waals surface area (Å²) in [6, 6.07) is 17.9. The first-order chi connectivity index (χ1) is 16.3. The van der Waals surface area contributed by atoms with Gasteiger partial charge in [0.15, 0.2) is 0 Å². The van der Waals surface area contributed by atoms with Crippen LogP contribution >= 0.6 is 0 Å². The number of aryl methyl sites for hydroxylation is 1. The zero-order chi connectivity index (χ0) is 22.5. The fourth-order valence-electron chi connectivity index (χ4n) is 4.63. The van der Waals surface area contributed by atoms with Crippen LogP contribution in [0.1, 0.15) is 52.9 Å². The average Bonchev–Trinajstić information content (AvgIpc) is 3.28. The highest BCUT2D eigenvalue weighted by atomic mass is 16.1. The summed E-state index contributed by atoms with van der Waals surface area (Å²) in [6.07, 6.45) is 7.66. The van der Waals surface area contributed by atoms with Crippen LogP contribution in [0.5, 0.6) is 0 Å². The number of aromatic amines is 1. The van der Waals surface area contributed by atoms with E-state index >= 15 is 0 Å². The molecule has 7 heteroatoms. The van der Waals surface area contributed by atoms with Crippen molar-refractivity contribution in [1.82, 2.24) is 30.2 Å². The van der Waals surface area contributed by atoms with E-state index in [1.807, 2.05) is 42.6 Å². The van der Waals surface area contributed by atoms with E-state index in [1.54, 1.807) is 12.3 Å². The Labute approximate surface area is 193 Å². The Morgan fingerprint density at radius 1 is 1.06 bits per heavy atom. The molecule has 3 aromatic heterocycles. The van der Waals surface area contributed by atoms with Gasteiger partial charge >= 0.3 is 0 Å². The van der Waals surface area contributed by atoms with Crippen molar-refractivity contribution in [2.24, 2.45) is 0 Å². The topological polar surface area (TPSA) is 86.8 Å². The summed E-state index contributed by atoms with van der Waals surface area (Å²) in [5.74, 6) is 0.820. The standard InChI is InChI=1S/C26H28N6O/c33-26(22-12-3-4-14-27-22)29-16-7-17-32(18-24-30-20-10-1-2-11-21(20)31-24)23-13-5-8-19-9-6-15-28-25(19)23/h1-4,6,9-12,14-15,23H,5,7-8,13,16-18H2,(H,29,33)(H,30,31). The highest BCUT2D eigenvalue weighted by Gasteiger charge is 2.27. The summed E-state index contributed by atoms with van der Waals surface area (Å²) in [5.41, 5.74) is 5.00. The number of fused-ring (bicyclic) bond motifs is 2. The Morgan fingerprint density at radius 3 is 2.82 bits per heavy atom. The summed E-state index contributed by atoms with van der Waals surface area (Å²) in [5, 5.41) is 2.99. The Morgan fingerprint density at radius 2 is 1.94 bits per heavy atom.